The first-order valence-electron chi connectivity index (χ1n) is 7.45. The number of anilines is 1. The standard InChI is InChI=1S/C17H14ClN5O3/c1-25-13-8-3-2-7-12(13)17(24)21-16-14(22-26-23-16)15(19)20-11-6-4-5-10(18)9-11/h2-9H,1H3,(H2,19,20)(H,21,23,24). The summed E-state index contributed by atoms with van der Waals surface area (Å²) in [5.41, 5.74) is 6.92. The van der Waals surface area contributed by atoms with Crippen molar-refractivity contribution in [1.82, 2.24) is 10.3 Å². The molecule has 2 aromatic carbocycles. The van der Waals surface area contributed by atoms with Crippen LogP contribution < -0.4 is 15.8 Å². The van der Waals surface area contributed by atoms with Crippen molar-refractivity contribution in [1.29, 1.82) is 0 Å². The highest BCUT2D eigenvalue weighted by atomic mass is 35.5. The number of halogens is 1. The van der Waals surface area contributed by atoms with Gasteiger partial charge in [-0.25, -0.2) is 9.62 Å². The minimum absolute atomic E-state index is 0.0174. The summed E-state index contributed by atoms with van der Waals surface area (Å²) in [5.74, 6) is 0.0338. The van der Waals surface area contributed by atoms with Crippen LogP contribution in [-0.4, -0.2) is 29.2 Å². The lowest BCUT2D eigenvalue weighted by molar-refractivity contribution is 0.102. The second-order valence-corrected chi connectivity index (χ2v) is 5.53. The molecule has 3 rings (SSSR count). The Morgan fingerprint density at radius 3 is 2.81 bits per heavy atom. The molecule has 1 aromatic heterocycles. The van der Waals surface area contributed by atoms with Crippen molar-refractivity contribution < 1.29 is 14.2 Å². The van der Waals surface area contributed by atoms with Gasteiger partial charge >= 0.3 is 0 Å². The first-order chi connectivity index (χ1) is 12.6. The van der Waals surface area contributed by atoms with E-state index in [0.717, 1.165) is 0 Å². The van der Waals surface area contributed by atoms with Gasteiger partial charge in [-0.15, -0.1) is 0 Å². The number of carbonyl (C=O) groups is 1. The van der Waals surface area contributed by atoms with E-state index in [1.54, 1.807) is 48.5 Å². The molecule has 0 unspecified atom stereocenters. The third-order valence-electron chi connectivity index (χ3n) is 3.37. The lowest BCUT2D eigenvalue weighted by Crippen LogP contribution is -2.19. The van der Waals surface area contributed by atoms with E-state index in [-0.39, 0.29) is 17.3 Å². The molecule has 0 spiro atoms. The quantitative estimate of drug-likeness (QED) is 0.526. The molecule has 1 heterocycles. The van der Waals surface area contributed by atoms with Crippen LogP contribution in [0.25, 0.3) is 0 Å². The van der Waals surface area contributed by atoms with E-state index < -0.39 is 5.91 Å². The number of aliphatic imine (C=N–C) groups is 1. The Balaban J connectivity index is 1.85. The largest absolute Gasteiger partial charge is 0.496 e. The van der Waals surface area contributed by atoms with Crippen LogP contribution in [0.2, 0.25) is 5.02 Å². The number of aromatic nitrogens is 2. The molecule has 0 aliphatic carbocycles. The Hall–Kier alpha value is -3.39. The van der Waals surface area contributed by atoms with Crippen molar-refractivity contribution in [3.8, 4) is 5.75 Å². The number of amidine groups is 1. The van der Waals surface area contributed by atoms with E-state index in [9.17, 15) is 4.79 Å². The normalized spacial score (nSPS) is 11.2. The van der Waals surface area contributed by atoms with Crippen molar-refractivity contribution in [3.05, 3.63) is 64.8 Å². The minimum atomic E-state index is -0.449. The number of carbonyl (C=O) groups excluding carboxylic acids is 1. The fourth-order valence-electron chi connectivity index (χ4n) is 2.18. The van der Waals surface area contributed by atoms with Crippen LogP contribution in [0.3, 0.4) is 0 Å². The first-order valence-corrected chi connectivity index (χ1v) is 7.83. The van der Waals surface area contributed by atoms with Crippen molar-refractivity contribution >= 4 is 34.8 Å². The Morgan fingerprint density at radius 1 is 1.23 bits per heavy atom. The van der Waals surface area contributed by atoms with E-state index in [4.69, 9.17) is 22.1 Å². The summed E-state index contributed by atoms with van der Waals surface area (Å²) >= 11 is 5.92. The van der Waals surface area contributed by atoms with Gasteiger partial charge < -0.3 is 15.8 Å². The lowest BCUT2D eigenvalue weighted by Gasteiger charge is -2.07. The van der Waals surface area contributed by atoms with E-state index >= 15 is 0 Å². The van der Waals surface area contributed by atoms with Gasteiger partial charge in [0.2, 0.25) is 5.82 Å². The van der Waals surface area contributed by atoms with Crippen LogP contribution in [0, 0.1) is 0 Å². The summed E-state index contributed by atoms with van der Waals surface area (Å²) in [4.78, 5) is 16.7. The summed E-state index contributed by atoms with van der Waals surface area (Å²) in [7, 11) is 1.48. The van der Waals surface area contributed by atoms with Crippen LogP contribution in [-0.2, 0) is 0 Å². The SMILES string of the molecule is COc1ccccc1C(=O)Nc1nonc1C(N)=Nc1cccc(Cl)c1. The molecular weight excluding hydrogens is 358 g/mol. The second kappa shape index (κ2) is 7.66. The zero-order chi connectivity index (χ0) is 18.5. The highest BCUT2D eigenvalue weighted by molar-refractivity contribution is 6.30. The predicted octanol–water partition coefficient (Wildman–Crippen LogP) is 3.02. The predicted molar refractivity (Wildman–Crippen MR) is 97.1 cm³/mol. The van der Waals surface area contributed by atoms with Crippen molar-refractivity contribution in [2.24, 2.45) is 10.7 Å². The molecule has 0 saturated heterocycles. The lowest BCUT2D eigenvalue weighted by atomic mass is 10.2. The van der Waals surface area contributed by atoms with Crippen LogP contribution in [0.4, 0.5) is 11.5 Å². The molecule has 26 heavy (non-hydrogen) atoms. The van der Waals surface area contributed by atoms with Crippen LogP contribution in [0.15, 0.2) is 58.2 Å². The monoisotopic (exact) mass is 371 g/mol. The number of benzene rings is 2. The molecule has 0 radical (unpaired) electrons. The molecule has 0 bridgehead atoms. The number of nitrogens with one attached hydrogen (secondary N) is 1. The number of rotatable bonds is 5. The minimum Gasteiger partial charge on any atom is -0.496 e. The average molecular weight is 372 g/mol. The smallest absolute Gasteiger partial charge is 0.260 e. The van der Waals surface area contributed by atoms with Crippen molar-refractivity contribution in [2.75, 3.05) is 12.4 Å². The summed E-state index contributed by atoms with van der Waals surface area (Å²) in [6.07, 6.45) is 0. The Bertz CT molecular complexity index is 970. The Labute approximate surface area is 153 Å². The molecule has 0 aliphatic rings. The average Bonchev–Trinajstić information content (AvgIpc) is 3.10. The molecule has 0 fully saturated rings. The van der Waals surface area contributed by atoms with Gasteiger partial charge in [0, 0.05) is 5.02 Å². The highest BCUT2D eigenvalue weighted by Gasteiger charge is 2.19. The number of amides is 1. The van der Waals surface area contributed by atoms with E-state index in [1.807, 2.05) is 0 Å². The third-order valence-corrected chi connectivity index (χ3v) is 3.61. The molecule has 0 aliphatic heterocycles. The van der Waals surface area contributed by atoms with Crippen LogP contribution in [0.5, 0.6) is 5.75 Å². The van der Waals surface area contributed by atoms with Gasteiger partial charge in [0.1, 0.15) is 5.75 Å². The van der Waals surface area contributed by atoms with Gasteiger partial charge in [-0.3, -0.25) is 4.79 Å². The van der Waals surface area contributed by atoms with E-state index in [0.29, 0.717) is 22.0 Å². The summed E-state index contributed by atoms with van der Waals surface area (Å²) in [6, 6.07) is 13.6. The van der Waals surface area contributed by atoms with Crippen LogP contribution >= 0.6 is 11.6 Å². The summed E-state index contributed by atoms with van der Waals surface area (Å²) in [5, 5.41) is 10.5. The number of methoxy groups -OCH3 is 1. The van der Waals surface area contributed by atoms with E-state index in [2.05, 4.69) is 25.3 Å². The number of nitrogens with zero attached hydrogens (tertiary/aromatic N) is 3. The van der Waals surface area contributed by atoms with E-state index in [1.165, 1.54) is 7.11 Å². The maximum atomic E-state index is 12.5. The second-order valence-electron chi connectivity index (χ2n) is 5.09. The summed E-state index contributed by atoms with van der Waals surface area (Å²) < 4.78 is 9.86. The first kappa shape index (κ1) is 17.4. The van der Waals surface area contributed by atoms with Gasteiger partial charge in [0.15, 0.2) is 11.5 Å². The Morgan fingerprint density at radius 2 is 2.04 bits per heavy atom. The molecule has 1 amide bonds. The number of ether oxygens (including phenoxy) is 1. The van der Waals surface area contributed by atoms with Crippen LogP contribution in [0.1, 0.15) is 16.1 Å². The number of para-hydroxylation sites is 1. The van der Waals surface area contributed by atoms with Crippen molar-refractivity contribution in [3.63, 3.8) is 0 Å². The molecule has 0 saturated carbocycles. The fraction of sp³-hybridized carbons (Fsp3) is 0.0588. The molecule has 3 aromatic rings. The van der Waals surface area contributed by atoms with Gasteiger partial charge in [-0.2, -0.15) is 0 Å². The highest BCUT2D eigenvalue weighted by Crippen LogP contribution is 2.21. The van der Waals surface area contributed by atoms with Crippen molar-refractivity contribution in [2.45, 2.75) is 0 Å². The molecule has 132 valence electrons. The molecule has 0 atom stereocenters. The molecular formula is C17H14ClN5O3. The third kappa shape index (κ3) is 3.81. The van der Waals surface area contributed by atoms with Gasteiger partial charge in [0.05, 0.1) is 18.4 Å². The summed E-state index contributed by atoms with van der Waals surface area (Å²) in [6.45, 7) is 0. The number of hydrogen-bond acceptors (Lipinski definition) is 6. The fourth-order valence-corrected chi connectivity index (χ4v) is 2.37. The Kier molecular flexibility index (Phi) is 5.14. The molecule has 9 heteroatoms. The zero-order valence-electron chi connectivity index (χ0n) is 13.6. The number of nitrogens with two attached hydrogens (primary N) is 1. The van der Waals surface area contributed by atoms with Gasteiger partial charge in [0.25, 0.3) is 5.91 Å². The topological polar surface area (TPSA) is 116 Å². The molecule has 8 nitrogen and oxygen atoms in total. The molecule has 3 N–H and O–H groups in total. The zero-order valence-corrected chi connectivity index (χ0v) is 14.4. The van der Waals surface area contributed by atoms with Gasteiger partial charge in [-0.05, 0) is 40.6 Å². The maximum absolute atomic E-state index is 12.5. The number of hydrogen-bond donors (Lipinski definition) is 2. The van der Waals surface area contributed by atoms with Gasteiger partial charge in [-0.1, -0.05) is 29.8 Å². The maximum Gasteiger partial charge on any atom is 0.260 e.